The summed E-state index contributed by atoms with van der Waals surface area (Å²) in [5, 5.41) is 6.04. The van der Waals surface area contributed by atoms with Gasteiger partial charge in [0.15, 0.2) is 0 Å². The third-order valence-electron chi connectivity index (χ3n) is 3.29. The smallest absolute Gasteiger partial charge is 0.255 e. The number of hydrogen-bond donors (Lipinski definition) is 2. The summed E-state index contributed by atoms with van der Waals surface area (Å²) < 4.78 is 0. The Kier molecular flexibility index (Phi) is 6.18. The third-order valence-corrected chi connectivity index (χ3v) is 3.62. The van der Waals surface area contributed by atoms with Gasteiger partial charge < -0.3 is 10.6 Å². The molecule has 2 rings (SSSR count). The number of carbonyl (C=O) groups is 2. The highest BCUT2D eigenvalue weighted by Crippen LogP contribution is 2.21. The van der Waals surface area contributed by atoms with Gasteiger partial charge in [0.2, 0.25) is 5.91 Å². The zero-order chi connectivity index (χ0) is 16.7. The molecule has 0 radical (unpaired) electrons. The number of carbonyl (C=O) groups excluding carboxylic acids is 2. The van der Waals surface area contributed by atoms with E-state index in [9.17, 15) is 9.59 Å². The molecule has 0 fully saturated rings. The number of benzene rings is 2. The van der Waals surface area contributed by atoms with Crippen LogP contribution < -0.4 is 10.6 Å². The average molecular weight is 331 g/mol. The highest BCUT2D eigenvalue weighted by atomic mass is 35.5. The maximum atomic E-state index is 12.3. The first-order chi connectivity index (χ1) is 11.1. The van der Waals surface area contributed by atoms with Gasteiger partial charge in [-0.25, -0.2) is 0 Å². The SMILES string of the molecule is CCCCC(=O)Nc1cccc(C(=O)Nc2ccccc2Cl)c1. The molecule has 0 unspecified atom stereocenters. The molecule has 0 aliphatic carbocycles. The maximum Gasteiger partial charge on any atom is 0.255 e. The molecule has 0 heterocycles. The highest BCUT2D eigenvalue weighted by Gasteiger charge is 2.09. The summed E-state index contributed by atoms with van der Waals surface area (Å²) in [4.78, 5) is 24.1. The van der Waals surface area contributed by atoms with Crippen LogP contribution in [0.1, 0.15) is 36.5 Å². The molecule has 0 aliphatic heterocycles. The molecule has 4 nitrogen and oxygen atoms in total. The number of anilines is 2. The molecular formula is C18H19ClN2O2. The van der Waals surface area contributed by atoms with Crippen LogP contribution in [0.5, 0.6) is 0 Å². The van der Waals surface area contributed by atoms with Gasteiger partial charge in [0, 0.05) is 17.7 Å². The number of halogens is 1. The third kappa shape index (κ3) is 5.11. The Labute approximate surface area is 140 Å². The van der Waals surface area contributed by atoms with Crippen molar-refractivity contribution in [2.24, 2.45) is 0 Å². The number of unbranched alkanes of at least 4 members (excludes halogenated alkanes) is 1. The Morgan fingerprint density at radius 2 is 1.83 bits per heavy atom. The predicted octanol–water partition coefficient (Wildman–Crippen LogP) is 4.72. The van der Waals surface area contributed by atoms with E-state index in [1.54, 1.807) is 48.5 Å². The molecule has 0 aromatic heterocycles. The van der Waals surface area contributed by atoms with Gasteiger partial charge in [-0.3, -0.25) is 9.59 Å². The first-order valence-corrected chi connectivity index (χ1v) is 7.93. The predicted molar refractivity (Wildman–Crippen MR) is 94.0 cm³/mol. The molecule has 0 saturated carbocycles. The second kappa shape index (κ2) is 8.34. The summed E-state index contributed by atoms with van der Waals surface area (Å²) in [6.07, 6.45) is 2.29. The van der Waals surface area contributed by atoms with Crippen molar-refractivity contribution in [1.29, 1.82) is 0 Å². The number of nitrogens with one attached hydrogen (secondary N) is 2. The van der Waals surface area contributed by atoms with Crippen LogP contribution in [0.25, 0.3) is 0 Å². The van der Waals surface area contributed by atoms with Crippen molar-refractivity contribution in [2.45, 2.75) is 26.2 Å². The summed E-state index contributed by atoms with van der Waals surface area (Å²) >= 11 is 6.03. The van der Waals surface area contributed by atoms with Crippen LogP contribution in [0, 0.1) is 0 Å². The zero-order valence-corrected chi connectivity index (χ0v) is 13.7. The van der Waals surface area contributed by atoms with Crippen molar-refractivity contribution in [3.8, 4) is 0 Å². The molecular weight excluding hydrogens is 312 g/mol. The van der Waals surface area contributed by atoms with E-state index < -0.39 is 0 Å². The lowest BCUT2D eigenvalue weighted by molar-refractivity contribution is -0.116. The van der Waals surface area contributed by atoms with Gasteiger partial charge >= 0.3 is 0 Å². The van der Waals surface area contributed by atoms with Crippen LogP contribution in [0.3, 0.4) is 0 Å². The summed E-state index contributed by atoms with van der Waals surface area (Å²) in [5.74, 6) is -0.321. The number of rotatable bonds is 6. The average Bonchev–Trinajstić information content (AvgIpc) is 2.55. The molecule has 5 heteroatoms. The van der Waals surface area contributed by atoms with E-state index in [0.29, 0.717) is 28.4 Å². The van der Waals surface area contributed by atoms with Gasteiger partial charge in [0.1, 0.15) is 0 Å². The molecule has 23 heavy (non-hydrogen) atoms. The first-order valence-electron chi connectivity index (χ1n) is 7.56. The first kappa shape index (κ1) is 17.0. The molecule has 0 aliphatic rings. The molecule has 120 valence electrons. The van der Waals surface area contributed by atoms with Crippen LogP contribution in [-0.2, 0) is 4.79 Å². The number of amides is 2. The number of para-hydroxylation sites is 1. The number of hydrogen-bond acceptors (Lipinski definition) is 2. The van der Waals surface area contributed by atoms with Crippen molar-refractivity contribution in [1.82, 2.24) is 0 Å². The lowest BCUT2D eigenvalue weighted by Crippen LogP contribution is -2.14. The molecule has 0 saturated heterocycles. The molecule has 0 spiro atoms. The molecule has 2 N–H and O–H groups in total. The maximum absolute atomic E-state index is 12.3. The second-order valence-electron chi connectivity index (χ2n) is 5.17. The molecule has 2 aromatic rings. The lowest BCUT2D eigenvalue weighted by Gasteiger charge is -2.09. The van der Waals surface area contributed by atoms with Crippen LogP contribution in [-0.4, -0.2) is 11.8 Å². The summed E-state index contributed by atoms with van der Waals surface area (Å²) in [6.45, 7) is 2.03. The standard InChI is InChI=1S/C18H19ClN2O2/c1-2-3-11-17(22)20-14-8-6-7-13(12-14)18(23)21-16-10-5-4-9-15(16)19/h4-10,12H,2-3,11H2,1H3,(H,20,22)(H,21,23). The van der Waals surface area contributed by atoms with Crippen molar-refractivity contribution in [3.63, 3.8) is 0 Å². The van der Waals surface area contributed by atoms with E-state index in [1.807, 2.05) is 6.92 Å². The van der Waals surface area contributed by atoms with Gasteiger partial charge in [-0.1, -0.05) is 43.1 Å². The Morgan fingerprint density at radius 1 is 1.04 bits per heavy atom. The summed E-state index contributed by atoms with van der Waals surface area (Å²) in [5.41, 5.74) is 1.62. The van der Waals surface area contributed by atoms with Gasteiger partial charge in [0.25, 0.3) is 5.91 Å². The van der Waals surface area contributed by atoms with Gasteiger partial charge in [-0.05, 0) is 36.8 Å². The van der Waals surface area contributed by atoms with E-state index >= 15 is 0 Å². The van der Waals surface area contributed by atoms with Crippen LogP contribution in [0.2, 0.25) is 5.02 Å². The highest BCUT2D eigenvalue weighted by molar-refractivity contribution is 6.33. The summed E-state index contributed by atoms with van der Waals surface area (Å²) in [7, 11) is 0. The van der Waals surface area contributed by atoms with Gasteiger partial charge in [-0.15, -0.1) is 0 Å². The monoisotopic (exact) mass is 330 g/mol. The van der Waals surface area contributed by atoms with Crippen molar-refractivity contribution >= 4 is 34.8 Å². The largest absolute Gasteiger partial charge is 0.326 e. The Bertz CT molecular complexity index is 701. The van der Waals surface area contributed by atoms with Crippen LogP contribution >= 0.6 is 11.6 Å². The minimum Gasteiger partial charge on any atom is -0.326 e. The summed E-state index contributed by atoms with van der Waals surface area (Å²) in [6, 6.07) is 13.9. The fraction of sp³-hybridized carbons (Fsp3) is 0.222. The Hall–Kier alpha value is -2.33. The topological polar surface area (TPSA) is 58.2 Å². The fourth-order valence-electron chi connectivity index (χ4n) is 2.06. The second-order valence-corrected chi connectivity index (χ2v) is 5.57. The minimum atomic E-state index is -0.275. The zero-order valence-electron chi connectivity index (χ0n) is 12.9. The normalized spacial score (nSPS) is 10.2. The minimum absolute atomic E-state index is 0.0458. The fourth-order valence-corrected chi connectivity index (χ4v) is 2.24. The molecule has 0 bridgehead atoms. The van der Waals surface area contributed by atoms with E-state index in [4.69, 9.17) is 11.6 Å². The quantitative estimate of drug-likeness (QED) is 0.805. The van der Waals surface area contributed by atoms with Crippen molar-refractivity contribution in [3.05, 3.63) is 59.1 Å². The molecule has 2 aromatic carbocycles. The lowest BCUT2D eigenvalue weighted by atomic mass is 10.1. The Balaban J connectivity index is 2.05. The van der Waals surface area contributed by atoms with Crippen molar-refractivity contribution < 1.29 is 9.59 Å². The molecule has 2 amide bonds. The van der Waals surface area contributed by atoms with E-state index in [-0.39, 0.29) is 11.8 Å². The molecule has 0 atom stereocenters. The van der Waals surface area contributed by atoms with Crippen molar-refractivity contribution in [2.75, 3.05) is 10.6 Å². The van der Waals surface area contributed by atoms with E-state index in [1.165, 1.54) is 0 Å². The van der Waals surface area contributed by atoms with Crippen LogP contribution in [0.4, 0.5) is 11.4 Å². The van der Waals surface area contributed by atoms with Gasteiger partial charge in [0.05, 0.1) is 10.7 Å². The Morgan fingerprint density at radius 3 is 2.57 bits per heavy atom. The van der Waals surface area contributed by atoms with E-state index in [0.717, 1.165) is 12.8 Å². The van der Waals surface area contributed by atoms with E-state index in [2.05, 4.69) is 10.6 Å². The van der Waals surface area contributed by atoms with Crippen LogP contribution in [0.15, 0.2) is 48.5 Å². The van der Waals surface area contributed by atoms with Gasteiger partial charge in [-0.2, -0.15) is 0 Å².